The van der Waals surface area contributed by atoms with Crippen molar-refractivity contribution in [2.45, 2.75) is 58.3 Å². The van der Waals surface area contributed by atoms with Crippen LogP contribution in [-0.2, 0) is 14.1 Å². The second-order valence-corrected chi connectivity index (χ2v) is 8.20. The Balaban J connectivity index is 1.74. The van der Waals surface area contributed by atoms with Crippen LogP contribution in [0.25, 0.3) is 0 Å². The van der Waals surface area contributed by atoms with Crippen molar-refractivity contribution in [2.75, 3.05) is 25.0 Å². The van der Waals surface area contributed by atoms with Crippen molar-refractivity contribution in [3.05, 3.63) is 24.3 Å². The van der Waals surface area contributed by atoms with Crippen molar-refractivity contribution in [3.8, 4) is 0 Å². The zero-order valence-electron chi connectivity index (χ0n) is 16.2. The molecule has 0 radical (unpaired) electrons. The van der Waals surface area contributed by atoms with Gasteiger partial charge < -0.3 is 19.1 Å². The van der Waals surface area contributed by atoms with Gasteiger partial charge in [-0.1, -0.05) is 12.1 Å². The molecule has 25 heavy (non-hydrogen) atoms. The number of anilines is 1. The number of hydrogen-bond acceptors (Lipinski definition) is 4. The molecule has 6 heteroatoms. The van der Waals surface area contributed by atoms with E-state index in [0.717, 1.165) is 30.7 Å². The average molecular weight is 344 g/mol. The van der Waals surface area contributed by atoms with Crippen LogP contribution in [-0.4, -0.2) is 55.3 Å². The van der Waals surface area contributed by atoms with E-state index in [0.29, 0.717) is 0 Å². The molecule has 2 fully saturated rings. The summed E-state index contributed by atoms with van der Waals surface area (Å²) in [6.45, 7) is 11.7. The summed E-state index contributed by atoms with van der Waals surface area (Å²) in [7, 11) is 1.54. The molecule has 0 spiro atoms. The monoisotopic (exact) mass is 344 g/mol. The normalized spacial score (nSPS) is 24.6. The molecular formula is C19H29BN2O3. The maximum absolute atomic E-state index is 11.6. The minimum atomic E-state index is -0.344. The molecule has 1 amide bonds. The van der Waals surface area contributed by atoms with Gasteiger partial charge in [-0.3, -0.25) is 4.79 Å². The molecular weight excluding hydrogens is 315 g/mol. The van der Waals surface area contributed by atoms with Crippen molar-refractivity contribution in [1.29, 1.82) is 0 Å². The Bertz CT molecular complexity index is 646. The highest BCUT2D eigenvalue weighted by Crippen LogP contribution is 2.36. The van der Waals surface area contributed by atoms with E-state index >= 15 is 0 Å². The molecule has 0 aromatic heterocycles. The van der Waals surface area contributed by atoms with Gasteiger partial charge in [0.25, 0.3) is 0 Å². The molecule has 0 aliphatic carbocycles. The lowest BCUT2D eigenvalue weighted by atomic mass is 9.79. The zero-order valence-corrected chi connectivity index (χ0v) is 16.2. The van der Waals surface area contributed by atoms with E-state index in [-0.39, 0.29) is 30.3 Å². The Morgan fingerprint density at radius 1 is 1.24 bits per heavy atom. The minimum Gasteiger partial charge on any atom is -0.399 e. The van der Waals surface area contributed by atoms with Crippen molar-refractivity contribution < 1.29 is 14.1 Å². The number of hydrogen-bond donors (Lipinski definition) is 0. The van der Waals surface area contributed by atoms with Crippen molar-refractivity contribution in [3.63, 3.8) is 0 Å². The van der Waals surface area contributed by atoms with Gasteiger partial charge in [-0.2, -0.15) is 0 Å². The van der Waals surface area contributed by atoms with Crippen LogP contribution in [0.3, 0.4) is 0 Å². The number of likely N-dealkylation sites (N-methyl/N-ethyl adjacent to an activating group) is 1. The van der Waals surface area contributed by atoms with Crippen LogP contribution in [0.1, 0.15) is 41.0 Å². The molecule has 1 atom stereocenters. The van der Waals surface area contributed by atoms with Gasteiger partial charge in [-0.15, -0.1) is 0 Å². The fourth-order valence-corrected chi connectivity index (χ4v) is 3.40. The minimum absolute atomic E-state index is 0.123. The summed E-state index contributed by atoms with van der Waals surface area (Å²) < 4.78 is 12.3. The fraction of sp³-hybridized carbons (Fsp3) is 0.632. The van der Waals surface area contributed by atoms with Crippen LogP contribution in [0, 0.1) is 0 Å². The van der Waals surface area contributed by atoms with Gasteiger partial charge in [0.1, 0.15) is 0 Å². The molecule has 5 nitrogen and oxygen atoms in total. The second-order valence-electron chi connectivity index (χ2n) is 8.20. The highest BCUT2D eigenvalue weighted by atomic mass is 16.7. The molecule has 0 saturated carbocycles. The van der Waals surface area contributed by atoms with E-state index in [4.69, 9.17) is 9.31 Å². The van der Waals surface area contributed by atoms with Gasteiger partial charge in [0.2, 0.25) is 5.91 Å². The first-order valence-electron chi connectivity index (χ1n) is 9.05. The van der Waals surface area contributed by atoms with Crippen molar-refractivity contribution >= 4 is 24.2 Å². The first kappa shape index (κ1) is 18.3. The van der Waals surface area contributed by atoms with Gasteiger partial charge in [0, 0.05) is 32.7 Å². The standard InChI is InChI=1S/C19H29BN2O3/c1-14(23)21(6)17-10-11-22(13-17)16-9-7-8-15(12-16)20-24-18(2,3)19(4,5)25-20/h7-9,12,17H,10-11,13H2,1-6H3/t17-/m0/s1. The molecule has 136 valence electrons. The molecule has 2 heterocycles. The Morgan fingerprint density at radius 2 is 1.88 bits per heavy atom. The first-order valence-corrected chi connectivity index (χ1v) is 9.05. The molecule has 0 N–H and O–H groups in total. The summed E-state index contributed by atoms with van der Waals surface area (Å²) in [4.78, 5) is 15.8. The maximum atomic E-state index is 11.6. The third-order valence-corrected chi connectivity index (χ3v) is 5.97. The molecule has 3 rings (SSSR count). The summed E-state index contributed by atoms with van der Waals surface area (Å²) in [5.41, 5.74) is 1.53. The lowest BCUT2D eigenvalue weighted by Crippen LogP contribution is -2.41. The van der Waals surface area contributed by atoms with Crippen LogP contribution >= 0.6 is 0 Å². The number of carbonyl (C=O) groups is 1. The van der Waals surface area contributed by atoms with Crippen LogP contribution in [0.15, 0.2) is 24.3 Å². The van der Waals surface area contributed by atoms with E-state index in [1.165, 1.54) is 0 Å². The summed E-state index contributed by atoms with van der Waals surface area (Å²) in [5.74, 6) is 0.123. The van der Waals surface area contributed by atoms with Gasteiger partial charge in [0.05, 0.1) is 17.2 Å². The van der Waals surface area contributed by atoms with Gasteiger partial charge in [-0.25, -0.2) is 0 Å². The highest BCUT2D eigenvalue weighted by Gasteiger charge is 2.51. The number of benzene rings is 1. The third kappa shape index (κ3) is 3.42. The average Bonchev–Trinajstić information content (AvgIpc) is 3.10. The van der Waals surface area contributed by atoms with E-state index < -0.39 is 0 Å². The van der Waals surface area contributed by atoms with Gasteiger partial charge in [0.15, 0.2) is 0 Å². The summed E-state index contributed by atoms with van der Waals surface area (Å²) in [6.07, 6.45) is 0.997. The Morgan fingerprint density at radius 3 is 2.48 bits per heavy atom. The molecule has 2 aliphatic rings. The fourth-order valence-electron chi connectivity index (χ4n) is 3.40. The summed E-state index contributed by atoms with van der Waals surface area (Å²) in [6, 6.07) is 8.65. The van der Waals surface area contributed by atoms with Crippen molar-refractivity contribution in [2.24, 2.45) is 0 Å². The van der Waals surface area contributed by atoms with E-state index in [2.05, 4.69) is 56.9 Å². The number of carbonyl (C=O) groups excluding carboxylic acids is 1. The quantitative estimate of drug-likeness (QED) is 0.787. The number of amides is 1. The van der Waals surface area contributed by atoms with Gasteiger partial charge >= 0.3 is 7.12 Å². The zero-order chi connectivity index (χ0) is 18.4. The summed E-state index contributed by atoms with van der Waals surface area (Å²) in [5, 5.41) is 0. The lowest BCUT2D eigenvalue weighted by Gasteiger charge is -2.32. The molecule has 2 aliphatic heterocycles. The van der Waals surface area contributed by atoms with E-state index in [1.54, 1.807) is 6.92 Å². The van der Waals surface area contributed by atoms with Crippen LogP contribution in [0.4, 0.5) is 5.69 Å². The van der Waals surface area contributed by atoms with Crippen molar-refractivity contribution in [1.82, 2.24) is 4.90 Å². The number of nitrogens with zero attached hydrogens (tertiary/aromatic N) is 2. The maximum Gasteiger partial charge on any atom is 0.494 e. The first-order chi connectivity index (χ1) is 11.6. The number of rotatable bonds is 3. The van der Waals surface area contributed by atoms with Crippen LogP contribution in [0.2, 0.25) is 0 Å². The van der Waals surface area contributed by atoms with Crippen LogP contribution < -0.4 is 10.4 Å². The van der Waals surface area contributed by atoms with Gasteiger partial charge in [-0.05, 0) is 51.7 Å². The lowest BCUT2D eigenvalue weighted by molar-refractivity contribution is -0.129. The predicted octanol–water partition coefficient (Wildman–Crippen LogP) is 2.04. The molecule has 0 bridgehead atoms. The van der Waals surface area contributed by atoms with E-state index in [9.17, 15) is 4.79 Å². The highest BCUT2D eigenvalue weighted by molar-refractivity contribution is 6.62. The Labute approximate surface area is 151 Å². The third-order valence-electron chi connectivity index (χ3n) is 5.97. The SMILES string of the molecule is CC(=O)N(C)[C@H]1CCN(c2cccc(B3OC(C)(C)C(C)(C)O3)c2)C1. The Hall–Kier alpha value is -1.53. The molecule has 1 aromatic rings. The molecule has 0 unspecified atom stereocenters. The largest absolute Gasteiger partial charge is 0.494 e. The smallest absolute Gasteiger partial charge is 0.399 e. The summed E-state index contributed by atoms with van der Waals surface area (Å²) >= 11 is 0. The van der Waals surface area contributed by atoms with E-state index in [1.807, 2.05) is 11.9 Å². The molecule has 2 saturated heterocycles. The van der Waals surface area contributed by atoms with Crippen LogP contribution in [0.5, 0.6) is 0 Å². The predicted molar refractivity (Wildman–Crippen MR) is 101 cm³/mol. The topological polar surface area (TPSA) is 42.0 Å². The second kappa shape index (κ2) is 6.33. The molecule has 1 aromatic carbocycles. The Kier molecular flexibility index (Phi) is 4.62.